The summed E-state index contributed by atoms with van der Waals surface area (Å²) in [6.45, 7) is 11.9. The third-order valence-electron chi connectivity index (χ3n) is 2.67. The zero-order chi connectivity index (χ0) is 13.6. The molecule has 0 atom stereocenters. The third-order valence-corrected chi connectivity index (χ3v) is 2.67. The van der Waals surface area contributed by atoms with Crippen molar-refractivity contribution in [1.29, 1.82) is 0 Å². The molecule has 0 saturated heterocycles. The van der Waals surface area contributed by atoms with E-state index in [1.54, 1.807) is 0 Å². The van der Waals surface area contributed by atoms with E-state index in [-0.39, 0.29) is 5.41 Å². The standard InChI is InChI=1S/C15H27N3/c1-6-8-16-11-13-7-9-17-14(10-13)18(5)12-15(2,3)4/h7,9-10,16H,6,8,11-12H2,1-5H3. The first kappa shape index (κ1) is 15.0. The summed E-state index contributed by atoms with van der Waals surface area (Å²) in [4.78, 5) is 6.68. The molecule has 0 unspecified atom stereocenters. The van der Waals surface area contributed by atoms with E-state index in [1.807, 2.05) is 6.20 Å². The molecule has 0 fully saturated rings. The maximum absolute atomic E-state index is 4.45. The van der Waals surface area contributed by atoms with Crippen molar-refractivity contribution >= 4 is 5.82 Å². The number of nitrogens with one attached hydrogen (secondary N) is 1. The topological polar surface area (TPSA) is 28.2 Å². The van der Waals surface area contributed by atoms with E-state index in [0.717, 1.165) is 25.5 Å². The van der Waals surface area contributed by atoms with Gasteiger partial charge in [0.15, 0.2) is 0 Å². The molecule has 0 radical (unpaired) electrons. The molecular weight excluding hydrogens is 222 g/mol. The van der Waals surface area contributed by atoms with Gasteiger partial charge in [-0.2, -0.15) is 0 Å². The Morgan fingerprint density at radius 2 is 2.06 bits per heavy atom. The Morgan fingerprint density at radius 3 is 2.67 bits per heavy atom. The van der Waals surface area contributed by atoms with Crippen molar-refractivity contribution < 1.29 is 0 Å². The van der Waals surface area contributed by atoms with Gasteiger partial charge in [-0.05, 0) is 36.1 Å². The Labute approximate surface area is 112 Å². The minimum atomic E-state index is 0.285. The predicted octanol–water partition coefficient (Wildman–Crippen LogP) is 3.06. The Bertz CT molecular complexity index is 355. The molecule has 1 N–H and O–H groups in total. The molecule has 0 saturated carbocycles. The minimum absolute atomic E-state index is 0.285. The second-order valence-electron chi connectivity index (χ2n) is 6.12. The molecule has 0 aromatic carbocycles. The molecule has 102 valence electrons. The van der Waals surface area contributed by atoms with Crippen LogP contribution in [-0.2, 0) is 6.54 Å². The summed E-state index contributed by atoms with van der Waals surface area (Å²) in [5.41, 5.74) is 1.58. The Hall–Kier alpha value is -1.09. The highest BCUT2D eigenvalue weighted by Gasteiger charge is 2.14. The molecule has 3 heteroatoms. The largest absolute Gasteiger partial charge is 0.359 e. The number of anilines is 1. The van der Waals surface area contributed by atoms with Gasteiger partial charge in [-0.3, -0.25) is 0 Å². The summed E-state index contributed by atoms with van der Waals surface area (Å²) in [7, 11) is 2.11. The number of rotatable bonds is 6. The molecule has 1 aromatic rings. The van der Waals surface area contributed by atoms with E-state index in [1.165, 1.54) is 12.0 Å². The quantitative estimate of drug-likeness (QED) is 0.785. The highest BCUT2D eigenvalue weighted by atomic mass is 15.2. The van der Waals surface area contributed by atoms with Crippen LogP contribution >= 0.6 is 0 Å². The van der Waals surface area contributed by atoms with Gasteiger partial charge in [-0.1, -0.05) is 27.7 Å². The minimum Gasteiger partial charge on any atom is -0.359 e. The van der Waals surface area contributed by atoms with Crippen LogP contribution in [0.15, 0.2) is 18.3 Å². The van der Waals surface area contributed by atoms with Gasteiger partial charge in [-0.15, -0.1) is 0 Å². The van der Waals surface area contributed by atoms with Gasteiger partial charge >= 0.3 is 0 Å². The van der Waals surface area contributed by atoms with Crippen molar-refractivity contribution in [2.45, 2.75) is 40.7 Å². The van der Waals surface area contributed by atoms with Crippen LogP contribution in [0.3, 0.4) is 0 Å². The summed E-state index contributed by atoms with van der Waals surface area (Å²) in [6.07, 6.45) is 3.07. The molecule has 0 aliphatic rings. The second kappa shape index (κ2) is 6.74. The van der Waals surface area contributed by atoms with Gasteiger partial charge in [0.25, 0.3) is 0 Å². The Kier molecular flexibility index (Phi) is 5.60. The molecule has 18 heavy (non-hydrogen) atoms. The first-order chi connectivity index (χ1) is 8.42. The van der Waals surface area contributed by atoms with Gasteiger partial charge in [0, 0.05) is 26.3 Å². The van der Waals surface area contributed by atoms with Crippen LogP contribution in [0.4, 0.5) is 5.82 Å². The van der Waals surface area contributed by atoms with Gasteiger partial charge in [0.2, 0.25) is 0 Å². The zero-order valence-corrected chi connectivity index (χ0v) is 12.5. The summed E-state index contributed by atoms with van der Waals surface area (Å²) in [5.74, 6) is 1.06. The lowest BCUT2D eigenvalue weighted by atomic mass is 9.96. The van der Waals surface area contributed by atoms with Crippen LogP contribution in [0.1, 0.15) is 39.7 Å². The highest BCUT2D eigenvalue weighted by Crippen LogP contribution is 2.19. The number of pyridine rings is 1. The lowest BCUT2D eigenvalue weighted by Gasteiger charge is -2.27. The molecule has 0 amide bonds. The van der Waals surface area contributed by atoms with E-state index in [0.29, 0.717) is 0 Å². The molecule has 1 aromatic heterocycles. The van der Waals surface area contributed by atoms with E-state index in [2.05, 4.69) is 62.1 Å². The maximum atomic E-state index is 4.45. The zero-order valence-electron chi connectivity index (χ0n) is 12.5. The van der Waals surface area contributed by atoms with Gasteiger partial charge in [0.1, 0.15) is 5.82 Å². The fourth-order valence-corrected chi connectivity index (χ4v) is 1.98. The number of nitrogens with zero attached hydrogens (tertiary/aromatic N) is 2. The van der Waals surface area contributed by atoms with Crippen molar-refractivity contribution in [3.8, 4) is 0 Å². The number of aromatic nitrogens is 1. The van der Waals surface area contributed by atoms with Gasteiger partial charge in [0.05, 0.1) is 0 Å². The van der Waals surface area contributed by atoms with Crippen LogP contribution < -0.4 is 10.2 Å². The number of hydrogen-bond acceptors (Lipinski definition) is 3. The van der Waals surface area contributed by atoms with Crippen molar-refractivity contribution in [2.75, 3.05) is 25.0 Å². The third kappa shape index (κ3) is 5.50. The van der Waals surface area contributed by atoms with E-state index in [9.17, 15) is 0 Å². The van der Waals surface area contributed by atoms with Crippen LogP contribution in [0.25, 0.3) is 0 Å². The lowest BCUT2D eigenvalue weighted by molar-refractivity contribution is 0.418. The molecule has 0 bridgehead atoms. The maximum Gasteiger partial charge on any atom is 0.128 e. The van der Waals surface area contributed by atoms with E-state index in [4.69, 9.17) is 0 Å². The molecule has 3 nitrogen and oxygen atoms in total. The summed E-state index contributed by atoms with van der Waals surface area (Å²) in [6, 6.07) is 4.26. The molecule has 1 heterocycles. The fraction of sp³-hybridized carbons (Fsp3) is 0.667. The molecule has 0 aliphatic carbocycles. The van der Waals surface area contributed by atoms with Crippen LogP contribution in [-0.4, -0.2) is 25.1 Å². The molecule has 1 rings (SSSR count). The fourth-order valence-electron chi connectivity index (χ4n) is 1.98. The van der Waals surface area contributed by atoms with Crippen molar-refractivity contribution in [2.24, 2.45) is 5.41 Å². The summed E-state index contributed by atoms with van der Waals surface area (Å²) >= 11 is 0. The SMILES string of the molecule is CCCNCc1ccnc(N(C)CC(C)(C)C)c1. The van der Waals surface area contributed by atoms with Crippen LogP contribution in [0, 0.1) is 5.41 Å². The van der Waals surface area contributed by atoms with Crippen molar-refractivity contribution in [1.82, 2.24) is 10.3 Å². The summed E-state index contributed by atoms with van der Waals surface area (Å²) < 4.78 is 0. The summed E-state index contributed by atoms with van der Waals surface area (Å²) in [5, 5.41) is 3.42. The van der Waals surface area contributed by atoms with Gasteiger partial charge in [-0.25, -0.2) is 4.98 Å². The molecule has 0 aliphatic heterocycles. The number of hydrogen-bond donors (Lipinski definition) is 1. The van der Waals surface area contributed by atoms with Gasteiger partial charge < -0.3 is 10.2 Å². The smallest absolute Gasteiger partial charge is 0.128 e. The monoisotopic (exact) mass is 249 g/mol. The van der Waals surface area contributed by atoms with Crippen molar-refractivity contribution in [3.05, 3.63) is 23.9 Å². The lowest BCUT2D eigenvalue weighted by Crippen LogP contribution is -2.29. The molecular formula is C15H27N3. The average Bonchev–Trinajstić information content (AvgIpc) is 2.27. The predicted molar refractivity (Wildman–Crippen MR) is 79.0 cm³/mol. The van der Waals surface area contributed by atoms with Crippen LogP contribution in [0.5, 0.6) is 0 Å². The van der Waals surface area contributed by atoms with E-state index >= 15 is 0 Å². The highest BCUT2D eigenvalue weighted by molar-refractivity contribution is 5.40. The normalized spacial score (nSPS) is 11.6. The molecule has 0 spiro atoms. The first-order valence-corrected chi connectivity index (χ1v) is 6.79. The Morgan fingerprint density at radius 1 is 1.33 bits per heavy atom. The van der Waals surface area contributed by atoms with Crippen LogP contribution in [0.2, 0.25) is 0 Å². The average molecular weight is 249 g/mol. The second-order valence-corrected chi connectivity index (χ2v) is 6.12. The Balaban J connectivity index is 2.63. The van der Waals surface area contributed by atoms with Crippen molar-refractivity contribution in [3.63, 3.8) is 0 Å². The first-order valence-electron chi connectivity index (χ1n) is 6.79. The van der Waals surface area contributed by atoms with E-state index < -0.39 is 0 Å².